The van der Waals surface area contributed by atoms with Crippen LogP contribution in [-0.2, 0) is 47.0 Å². The Morgan fingerprint density at radius 1 is 1.00 bits per heavy atom. The van der Waals surface area contributed by atoms with E-state index in [2.05, 4.69) is 21.9 Å². The first-order valence-electron chi connectivity index (χ1n) is 18.6. The van der Waals surface area contributed by atoms with Crippen molar-refractivity contribution in [2.24, 2.45) is 11.3 Å². The molecule has 6 rings (SSSR count). The molecule has 3 fully saturated rings. The average molecular weight is 758 g/mol. The molecule has 3 heterocycles. The number of cyclic esters (lactones) is 1. The molecule has 1 aromatic rings. The number of nitrogens with one attached hydrogen (secondary N) is 3. The minimum absolute atomic E-state index is 0.0970. The maximum absolute atomic E-state index is 14.4. The number of carbonyl (C=O) groups is 5. The predicted molar refractivity (Wildman–Crippen MR) is 192 cm³/mol. The number of fused-ring (bicyclic) bond motifs is 4. The van der Waals surface area contributed by atoms with Crippen LogP contribution in [0.1, 0.15) is 89.7 Å². The average Bonchev–Trinajstić information content (AvgIpc) is 3.99. The number of sulfonamides is 1. The second-order valence-corrected chi connectivity index (χ2v) is 17.9. The van der Waals surface area contributed by atoms with Crippen LogP contribution >= 0.6 is 0 Å². The van der Waals surface area contributed by atoms with E-state index in [0.29, 0.717) is 39.0 Å². The highest BCUT2D eigenvalue weighted by molar-refractivity contribution is 7.91. The summed E-state index contributed by atoms with van der Waals surface area (Å²) in [6.45, 7) is 10.2. The third-order valence-corrected chi connectivity index (χ3v) is 12.5. The number of alkyl carbamates (subject to hydrolysis) is 1. The van der Waals surface area contributed by atoms with Gasteiger partial charge in [0, 0.05) is 25.4 Å². The molecule has 0 radical (unpaired) electrons. The lowest BCUT2D eigenvalue weighted by Gasteiger charge is -2.35. The zero-order valence-electron chi connectivity index (χ0n) is 30.7. The Kier molecular flexibility index (Phi) is 11.0. The number of amides is 5. The summed E-state index contributed by atoms with van der Waals surface area (Å²) in [5.74, 6) is -2.02. The van der Waals surface area contributed by atoms with E-state index in [-0.39, 0.29) is 26.0 Å². The van der Waals surface area contributed by atoms with Crippen molar-refractivity contribution in [1.82, 2.24) is 25.2 Å². The van der Waals surface area contributed by atoms with Gasteiger partial charge in [0.25, 0.3) is 5.91 Å². The molecule has 1 aromatic carbocycles. The summed E-state index contributed by atoms with van der Waals surface area (Å²) in [4.78, 5) is 71.3. The van der Waals surface area contributed by atoms with Crippen molar-refractivity contribution in [3.63, 3.8) is 0 Å². The zero-order valence-corrected chi connectivity index (χ0v) is 31.5. The first kappa shape index (κ1) is 38.4. The number of hydrogen-bond donors (Lipinski definition) is 3. The molecule has 2 aliphatic carbocycles. The highest BCUT2D eigenvalue weighted by Gasteiger charge is 2.62. The van der Waals surface area contributed by atoms with Gasteiger partial charge in [0.2, 0.25) is 21.8 Å². The third kappa shape index (κ3) is 8.73. The van der Waals surface area contributed by atoms with Gasteiger partial charge < -0.3 is 29.7 Å². The molecule has 3 N–H and O–H groups in total. The molecule has 5 atom stereocenters. The molecule has 0 spiro atoms. The molecule has 15 nitrogen and oxygen atoms in total. The van der Waals surface area contributed by atoms with Crippen LogP contribution in [-0.4, -0.2) is 96.9 Å². The molecule has 290 valence electrons. The molecule has 1 unspecified atom stereocenters. The molecule has 3 aliphatic heterocycles. The quantitative estimate of drug-likeness (QED) is 0.364. The van der Waals surface area contributed by atoms with Crippen molar-refractivity contribution < 1.29 is 46.6 Å². The van der Waals surface area contributed by atoms with Gasteiger partial charge in [-0.05, 0) is 60.8 Å². The Labute approximate surface area is 310 Å². The Hall–Kier alpha value is -4.34. The normalized spacial score (nSPS) is 28.6. The van der Waals surface area contributed by atoms with Crippen LogP contribution < -0.4 is 20.1 Å². The van der Waals surface area contributed by atoms with Crippen LogP contribution in [0.25, 0.3) is 0 Å². The summed E-state index contributed by atoms with van der Waals surface area (Å²) in [6, 6.07) is 3.39. The van der Waals surface area contributed by atoms with Crippen molar-refractivity contribution >= 4 is 39.9 Å². The highest BCUT2D eigenvalue weighted by Crippen LogP contribution is 2.45. The summed E-state index contributed by atoms with van der Waals surface area (Å²) < 4.78 is 44.8. The van der Waals surface area contributed by atoms with Gasteiger partial charge in [-0.2, -0.15) is 0 Å². The number of carbonyl (C=O) groups excluding carboxylic acids is 5. The molecule has 1 saturated heterocycles. The van der Waals surface area contributed by atoms with Crippen molar-refractivity contribution in [2.75, 3.05) is 19.8 Å². The fourth-order valence-electron chi connectivity index (χ4n) is 7.26. The molecular weight excluding hydrogens is 706 g/mol. The molecular formula is C37H51N5O10S. The maximum Gasteiger partial charge on any atom is 0.410 e. The van der Waals surface area contributed by atoms with Crippen molar-refractivity contribution in [3.05, 3.63) is 42.0 Å². The summed E-state index contributed by atoms with van der Waals surface area (Å²) in [6.07, 6.45) is 4.34. The number of nitrogens with zero attached hydrogens (tertiary/aromatic N) is 2. The molecule has 5 amide bonds. The Bertz CT molecular complexity index is 1740. The van der Waals surface area contributed by atoms with E-state index in [1.807, 2.05) is 18.2 Å². The molecule has 0 aromatic heterocycles. The lowest BCUT2D eigenvalue weighted by molar-refractivity contribution is -0.142. The number of hydrogen-bond acceptors (Lipinski definition) is 10. The van der Waals surface area contributed by atoms with Crippen LogP contribution in [0.5, 0.6) is 5.75 Å². The van der Waals surface area contributed by atoms with Crippen molar-refractivity contribution in [1.29, 1.82) is 0 Å². The third-order valence-electron chi connectivity index (χ3n) is 10.7. The summed E-state index contributed by atoms with van der Waals surface area (Å²) in [5, 5.41) is 4.78. The van der Waals surface area contributed by atoms with Gasteiger partial charge in [0.15, 0.2) is 0 Å². The Morgan fingerprint density at radius 3 is 2.34 bits per heavy atom. The first-order valence-corrected chi connectivity index (χ1v) is 20.1. The number of rotatable bonds is 6. The number of ether oxygens (including phenoxy) is 3. The van der Waals surface area contributed by atoms with Crippen LogP contribution in [0.4, 0.5) is 9.59 Å². The van der Waals surface area contributed by atoms with E-state index in [1.165, 1.54) is 15.9 Å². The van der Waals surface area contributed by atoms with E-state index in [1.54, 1.807) is 20.8 Å². The molecule has 5 bridgehead atoms. The summed E-state index contributed by atoms with van der Waals surface area (Å²) >= 11 is 0. The molecule has 53 heavy (non-hydrogen) atoms. The monoisotopic (exact) mass is 757 g/mol. The Balaban J connectivity index is 1.24. The van der Waals surface area contributed by atoms with Crippen LogP contribution in [0.2, 0.25) is 0 Å². The van der Waals surface area contributed by atoms with Gasteiger partial charge in [0.05, 0.1) is 25.0 Å². The maximum atomic E-state index is 14.4. The smallest absolute Gasteiger partial charge is 0.410 e. The van der Waals surface area contributed by atoms with Crippen molar-refractivity contribution in [3.8, 4) is 5.75 Å². The predicted octanol–water partition coefficient (Wildman–Crippen LogP) is 3.26. The minimum Gasteiger partial charge on any atom is -0.494 e. The summed E-state index contributed by atoms with van der Waals surface area (Å²) in [7, 11) is -3.91. The van der Waals surface area contributed by atoms with Crippen molar-refractivity contribution in [2.45, 2.75) is 121 Å². The van der Waals surface area contributed by atoms with Gasteiger partial charge in [-0.3, -0.25) is 24.0 Å². The largest absolute Gasteiger partial charge is 0.494 e. The topological polar surface area (TPSA) is 190 Å². The second kappa shape index (κ2) is 15.2. The van der Waals surface area contributed by atoms with Crippen LogP contribution in [0.3, 0.4) is 0 Å². The first-order chi connectivity index (χ1) is 25.1. The van der Waals surface area contributed by atoms with E-state index < -0.39 is 80.2 Å². The molecule has 16 heteroatoms. The Morgan fingerprint density at radius 2 is 1.68 bits per heavy atom. The SMILES string of the molecule is C=C[C@H]1C[C@@]1(NC(=O)[C@@H]1CC2CN1C(=O)[C@H](C(C)(C)C)NC(=O)OCCCCCCCOc1ccc3c(c1)CN(C3)C(=O)O2)C(=O)NS(=O)(=O)C1CC1. The van der Waals surface area contributed by atoms with E-state index in [4.69, 9.17) is 14.2 Å². The van der Waals surface area contributed by atoms with Crippen LogP contribution in [0.15, 0.2) is 30.9 Å². The standard InChI is InChI=1S/C37H51N5O10S/c1-5-25-19-37(25,33(45)40-53(48,49)28-13-14-28)39-31(43)29-18-27-22-42(29)32(44)30(36(2,3)4)38-34(46)51-16-10-8-6-7-9-15-50-26-12-11-23-20-41(35(47)52-27)21-24(23)17-26/h5,11-12,17,25,27-30H,1,6-10,13-16,18-22H2,2-4H3,(H,38,46)(H,39,43)(H,40,45)/t25-,27?,29-,30+,37-/m0/s1. The van der Waals surface area contributed by atoms with Crippen LogP contribution in [0, 0.1) is 11.3 Å². The number of benzene rings is 1. The lowest BCUT2D eigenvalue weighted by atomic mass is 9.85. The highest BCUT2D eigenvalue weighted by atomic mass is 32.2. The molecule has 2 saturated carbocycles. The van der Waals surface area contributed by atoms with E-state index in [9.17, 15) is 32.4 Å². The molecule has 5 aliphatic rings. The van der Waals surface area contributed by atoms with Gasteiger partial charge in [-0.1, -0.05) is 52.2 Å². The van der Waals surface area contributed by atoms with Gasteiger partial charge >= 0.3 is 12.2 Å². The van der Waals surface area contributed by atoms with E-state index in [0.717, 1.165) is 42.6 Å². The fraction of sp³-hybridized carbons (Fsp3) is 0.649. The van der Waals surface area contributed by atoms with Gasteiger partial charge in [0.1, 0.15) is 29.5 Å². The minimum atomic E-state index is -3.91. The lowest BCUT2D eigenvalue weighted by Crippen LogP contribution is -2.60. The zero-order chi connectivity index (χ0) is 38.1. The summed E-state index contributed by atoms with van der Waals surface area (Å²) in [5.41, 5.74) is -0.511. The van der Waals surface area contributed by atoms with Gasteiger partial charge in [-0.15, -0.1) is 6.58 Å². The second-order valence-electron chi connectivity index (χ2n) is 15.9. The fourth-order valence-corrected chi connectivity index (χ4v) is 8.63. The van der Waals surface area contributed by atoms with E-state index >= 15 is 0 Å². The van der Waals surface area contributed by atoms with Gasteiger partial charge in [-0.25, -0.2) is 18.0 Å².